The molecule has 3 aromatic rings. The van der Waals surface area contributed by atoms with Crippen LogP contribution in [0.3, 0.4) is 0 Å². The fraction of sp³-hybridized carbons (Fsp3) is 0.250. The second-order valence-corrected chi connectivity index (χ2v) is 8.77. The predicted octanol–water partition coefficient (Wildman–Crippen LogP) is 4.86. The summed E-state index contributed by atoms with van der Waals surface area (Å²) in [6, 6.07) is 27.2. The molecule has 0 amide bonds. The van der Waals surface area contributed by atoms with Gasteiger partial charge in [0, 0.05) is 0 Å². The van der Waals surface area contributed by atoms with Crippen LogP contribution in [0, 0.1) is 0 Å². The summed E-state index contributed by atoms with van der Waals surface area (Å²) in [6.45, 7) is 6.82. The van der Waals surface area contributed by atoms with E-state index in [1.807, 2.05) is 0 Å². The normalized spacial score (nSPS) is 11.0. The van der Waals surface area contributed by atoms with E-state index in [0.29, 0.717) is 0 Å². The third-order valence-corrected chi connectivity index (χ3v) is 8.08. The Hall–Kier alpha value is -1.91. The Bertz CT molecular complexity index is 722. The lowest BCUT2D eigenvalue weighted by Gasteiger charge is -2.18. The zero-order valence-corrected chi connectivity index (χ0v) is 16.5. The smallest absolute Gasteiger partial charge is 0.0617 e. The highest BCUT2D eigenvalue weighted by Gasteiger charge is 2.31. The van der Waals surface area contributed by atoms with Crippen LogP contribution in [-0.2, 0) is 19.3 Å². The highest BCUT2D eigenvalue weighted by Crippen LogP contribution is 2.37. The Morgan fingerprint density at radius 2 is 0.760 bits per heavy atom. The molecule has 0 spiro atoms. The Morgan fingerprint density at radius 3 is 1.04 bits per heavy atom. The van der Waals surface area contributed by atoms with Crippen molar-refractivity contribution in [3.05, 3.63) is 89.5 Å². The molecular weight excluding hydrogens is 319 g/mol. The van der Waals surface area contributed by atoms with Gasteiger partial charge in [-0.2, -0.15) is 0 Å². The van der Waals surface area contributed by atoms with Gasteiger partial charge in [0.25, 0.3) is 0 Å². The molecule has 1 heteroatoms. The van der Waals surface area contributed by atoms with Crippen molar-refractivity contribution in [1.29, 1.82) is 0 Å². The van der Waals surface area contributed by atoms with E-state index >= 15 is 0 Å². The highest BCUT2D eigenvalue weighted by molar-refractivity contribution is 7.80. The molecule has 0 nitrogen and oxygen atoms in total. The van der Waals surface area contributed by atoms with E-state index in [1.54, 1.807) is 15.9 Å². The average molecular weight is 347 g/mol. The fourth-order valence-electron chi connectivity index (χ4n) is 3.65. The van der Waals surface area contributed by atoms with Gasteiger partial charge in [0.2, 0.25) is 0 Å². The van der Waals surface area contributed by atoms with Crippen molar-refractivity contribution < 1.29 is 0 Å². The van der Waals surface area contributed by atoms with Crippen molar-refractivity contribution in [3.8, 4) is 0 Å². The van der Waals surface area contributed by atoms with Crippen molar-refractivity contribution in [2.75, 3.05) is 0 Å². The first-order valence-corrected chi connectivity index (χ1v) is 10.9. The molecule has 0 aliphatic carbocycles. The van der Waals surface area contributed by atoms with Crippen LogP contribution in [0.5, 0.6) is 0 Å². The number of benzene rings is 3. The van der Waals surface area contributed by atoms with Gasteiger partial charge in [0.1, 0.15) is 15.9 Å². The molecular formula is C24H28P+. The van der Waals surface area contributed by atoms with Crippen LogP contribution in [0.1, 0.15) is 37.5 Å². The van der Waals surface area contributed by atoms with Gasteiger partial charge in [-0.3, -0.25) is 0 Å². The monoisotopic (exact) mass is 347 g/mol. The number of aryl methyl sites for hydroxylation is 3. The standard InChI is InChI=1S/C24H27P/c1-4-19-13-7-10-16-22(19)25(23-17-11-8-14-20(23)5-2)24-18-12-9-15-21(24)6-3/h7-18H,4-6H2,1-3H3/p+1. The average Bonchev–Trinajstić information content (AvgIpc) is 2.69. The lowest BCUT2D eigenvalue weighted by molar-refractivity contribution is 1.15. The topological polar surface area (TPSA) is 0 Å². The minimum atomic E-state index is -1.00. The number of hydrogen-bond donors (Lipinski definition) is 0. The molecule has 0 atom stereocenters. The van der Waals surface area contributed by atoms with Crippen LogP contribution >= 0.6 is 7.92 Å². The zero-order chi connectivity index (χ0) is 17.6. The summed E-state index contributed by atoms with van der Waals surface area (Å²) in [6.07, 6.45) is 3.27. The first-order chi connectivity index (χ1) is 12.3. The molecule has 0 N–H and O–H groups in total. The maximum absolute atomic E-state index is 2.37. The van der Waals surface area contributed by atoms with Crippen LogP contribution in [0.2, 0.25) is 0 Å². The molecule has 3 aromatic carbocycles. The van der Waals surface area contributed by atoms with Crippen molar-refractivity contribution in [3.63, 3.8) is 0 Å². The van der Waals surface area contributed by atoms with Crippen LogP contribution < -0.4 is 15.9 Å². The van der Waals surface area contributed by atoms with E-state index in [1.165, 1.54) is 16.7 Å². The largest absolute Gasteiger partial charge is 0.105 e. The molecule has 0 aliphatic rings. The van der Waals surface area contributed by atoms with Gasteiger partial charge in [0.15, 0.2) is 0 Å². The van der Waals surface area contributed by atoms with E-state index in [4.69, 9.17) is 0 Å². The summed E-state index contributed by atoms with van der Waals surface area (Å²) in [5.41, 5.74) is 4.48. The molecule has 3 rings (SSSR count). The van der Waals surface area contributed by atoms with E-state index in [0.717, 1.165) is 19.3 Å². The molecule has 0 fully saturated rings. The van der Waals surface area contributed by atoms with Crippen molar-refractivity contribution >= 4 is 23.8 Å². The second-order valence-electron chi connectivity index (χ2n) is 6.41. The highest BCUT2D eigenvalue weighted by atomic mass is 31.1. The first kappa shape index (κ1) is 17.9. The third kappa shape index (κ3) is 3.70. The zero-order valence-electron chi connectivity index (χ0n) is 15.5. The van der Waals surface area contributed by atoms with Gasteiger partial charge in [-0.15, -0.1) is 0 Å². The summed E-state index contributed by atoms with van der Waals surface area (Å²) >= 11 is 0. The summed E-state index contributed by atoms with van der Waals surface area (Å²) < 4.78 is 0. The van der Waals surface area contributed by atoms with Crippen LogP contribution in [0.4, 0.5) is 0 Å². The van der Waals surface area contributed by atoms with Crippen LogP contribution in [0.15, 0.2) is 72.8 Å². The molecule has 0 saturated heterocycles. The van der Waals surface area contributed by atoms with Gasteiger partial charge in [0.05, 0.1) is 7.92 Å². The summed E-state index contributed by atoms with van der Waals surface area (Å²) in [4.78, 5) is 0. The molecule has 0 heterocycles. The Kier molecular flexibility index (Phi) is 6.05. The number of rotatable bonds is 6. The summed E-state index contributed by atoms with van der Waals surface area (Å²) in [5.74, 6) is 0. The second kappa shape index (κ2) is 8.45. The lowest BCUT2D eigenvalue weighted by atomic mass is 10.2. The minimum Gasteiger partial charge on any atom is -0.0617 e. The summed E-state index contributed by atoms with van der Waals surface area (Å²) in [5, 5.41) is 4.66. The third-order valence-electron chi connectivity index (χ3n) is 5.00. The van der Waals surface area contributed by atoms with Gasteiger partial charge in [-0.05, 0) is 54.2 Å². The Morgan fingerprint density at radius 1 is 0.480 bits per heavy atom. The molecule has 0 aromatic heterocycles. The molecule has 0 saturated carbocycles. The van der Waals surface area contributed by atoms with E-state index in [-0.39, 0.29) is 0 Å². The maximum atomic E-state index is 2.37. The van der Waals surface area contributed by atoms with E-state index < -0.39 is 7.92 Å². The van der Waals surface area contributed by atoms with Gasteiger partial charge in [-0.25, -0.2) is 0 Å². The van der Waals surface area contributed by atoms with E-state index in [9.17, 15) is 0 Å². The van der Waals surface area contributed by atoms with Crippen LogP contribution in [-0.4, -0.2) is 0 Å². The summed E-state index contributed by atoms with van der Waals surface area (Å²) in [7, 11) is -1.00. The van der Waals surface area contributed by atoms with E-state index in [2.05, 4.69) is 93.6 Å². The first-order valence-electron chi connectivity index (χ1n) is 9.41. The quantitative estimate of drug-likeness (QED) is 0.558. The molecule has 128 valence electrons. The Labute approximate surface area is 153 Å². The SMILES string of the molecule is CCc1ccccc1[PH+](c1ccccc1CC)c1ccccc1CC. The van der Waals surface area contributed by atoms with Gasteiger partial charge in [-0.1, -0.05) is 75.4 Å². The van der Waals surface area contributed by atoms with Crippen molar-refractivity contribution in [1.82, 2.24) is 0 Å². The maximum Gasteiger partial charge on any atom is 0.105 e. The van der Waals surface area contributed by atoms with Gasteiger partial charge >= 0.3 is 0 Å². The molecule has 0 radical (unpaired) electrons. The predicted molar refractivity (Wildman–Crippen MR) is 115 cm³/mol. The molecule has 0 unspecified atom stereocenters. The minimum absolute atomic E-state index is 1.00. The lowest BCUT2D eigenvalue weighted by Crippen LogP contribution is -2.27. The molecule has 25 heavy (non-hydrogen) atoms. The van der Waals surface area contributed by atoms with Crippen molar-refractivity contribution in [2.45, 2.75) is 40.0 Å². The van der Waals surface area contributed by atoms with Gasteiger partial charge < -0.3 is 0 Å². The van der Waals surface area contributed by atoms with Crippen molar-refractivity contribution in [2.24, 2.45) is 0 Å². The molecule has 0 bridgehead atoms. The Balaban J connectivity index is 2.29. The van der Waals surface area contributed by atoms with Crippen LogP contribution in [0.25, 0.3) is 0 Å². The number of hydrogen-bond acceptors (Lipinski definition) is 0. The molecule has 0 aliphatic heterocycles. The fourth-order valence-corrected chi connectivity index (χ4v) is 7.06.